The quantitative estimate of drug-likeness (QED) is 0.881. The fourth-order valence-electron chi connectivity index (χ4n) is 1.79. The maximum atomic E-state index is 13.7. The Morgan fingerprint density at radius 1 is 1.53 bits per heavy atom. The molecule has 0 aliphatic heterocycles. The standard InChI is InChI=1S/C13H12ClFN2O2/c1-19-13(18)12-5-8(16)6-17(12)7-9-10(14)3-2-4-11(9)15/h2-6H,7,16H2,1H3. The Kier molecular flexibility index (Phi) is 3.76. The number of aromatic nitrogens is 1. The highest BCUT2D eigenvalue weighted by Crippen LogP contribution is 2.22. The van der Waals surface area contributed by atoms with E-state index in [4.69, 9.17) is 17.3 Å². The van der Waals surface area contributed by atoms with Gasteiger partial charge < -0.3 is 15.0 Å². The molecule has 2 N–H and O–H groups in total. The molecular weight excluding hydrogens is 271 g/mol. The first-order valence-electron chi connectivity index (χ1n) is 5.49. The molecular formula is C13H12ClFN2O2. The van der Waals surface area contributed by atoms with Gasteiger partial charge >= 0.3 is 5.97 Å². The molecule has 0 fully saturated rings. The van der Waals surface area contributed by atoms with Gasteiger partial charge in [-0.25, -0.2) is 9.18 Å². The van der Waals surface area contributed by atoms with E-state index in [0.29, 0.717) is 16.3 Å². The van der Waals surface area contributed by atoms with Gasteiger partial charge in [-0.05, 0) is 18.2 Å². The van der Waals surface area contributed by atoms with Crippen LogP contribution < -0.4 is 5.73 Å². The van der Waals surface area contributed by atoms with E-state index in [-0.39, 0.29) is 12.2 Å². The lowest BCUT2D eigenvalue weighted by atomic mass is 10.2. The first kappa shape index (κ1) is 13.4. The second kappa shape index (κ2) is 5.32. The van der Waals surface area contributed by atoms with Gasteiger partial charge in [-0.15, -0.1) is 0 Å². The summed E-state index contributed by atoms with van der Waals surface area (Å²) in [7, 11) is 1.27. The lowest BCUT2D eigenvalue weighted by Gasteiger charge is -2.10. The average Bonchev–Trinajstić information content (AvgIpc) is 2.74. The van der Waals surface area contributed by atoms with Crippen LogP contribution in [0, 0.1) is 5.82 Å². The van der Waals surface area contributed by atoms with E-state index in [0.717, 1.165) is 0 Å². The molecule has 6 heteroatoms. The minimum atomic E-state index is -0.538. The number of hydrogen-bond donors (Lipinski definition) is 1. The van der Waals surface area contributed by atoms with Gasteiger partial charge in [-0.3, -0.25) is 0 Å². The van der Waals surface area contributed by atoms with Gasteiger partial charge in [0.25, 0.3) is 0 Å². The predicted octanol–water partition coefficient (Wildman–Crippen LogP) is 2.70. The van der Waals surface area contributed by atoms with E-state index < -0.39 is 11.8 Å². The molecule has 0 saturated heterocycles. The Morgan fingerprint density at radius 2 is 2.26 bits per heavy atom. The number of carbonyl (C=O) groups is 1. The van der Waals surface area contributed by atoms with Crippen molar-refractivity contribution in [2.75, 3.05) is 12.8 Å². The van der Waals surface area contributed by atoms with Crippen molar-refractivity contribution in [3.63, 3.8) is 0 Å². The van der Waals surface area contributed by atoms with Crippen molar-refractivity contribution in [1.29, 1.82) is 0 Å². The van der Waals surface area contributed by atoms with Crippen LogP contribution in [0.4, 0.5) is 10.1 Å². The SMILES string of the molecule is COC(=O)c1cc(N)cn1Cc1c(F)cccc1Cl. The van der Waals surface area contributed by atoms with Crippen LogP contribution in [0.2, 0.25) is 5.02 Å². The van der Waals surface area contributed by atoms with Gasteiger partial charge in [0.05, 0.1) is 19.3 Å². The number of benzene rings is 1. The number of methoxy groups -OCH3 is 1. The number of halogens is 2. The van der Waals surface area contributed by atoms with Crippen molar-refractivity contribution < 1.29 is 13.9 Å². The zero-order valence-corrected chi connectivity index (χ0v) is 10.9. The molecule has 1 heterocycles. The van der Waals surface area contributed by atoms with E-state index in [9.17, 15) is 9.18 Å². The van der Waals surface area contributed by atoms with Crippen LogP contribution in [-0.2, 0) is 11.3 Å². The number of nitrogens with two attached hydrogens (primary N) is 1. The Labute approximate surface area is 114 Å². The molecule has 0 amide bonds. The third-order valence-electron chi connectivity index (χ3n) is 2.70. The topological polar surface area (TPSA) is 57.2 Å². The molecule has 19 heavy (non-hydrogen) atoms. The fraction of sp³-hybridized carbons (Fsp3) is 0.154. The monoisotopic (exact) mass is 282 g/mol. The zero-order valence-electron chi connectivity index (χ0n) is 10.2. The summed E-state index contributed by atoms with van der Waals surface area (Å²) in [6.45, 7) is 0.104. The zero-order chi connectivity index (χ0) is 14.0. The molecule has 2 rings (SSSR count). The molecule has 0 atom stereocenters. The van der Waals surface area contributed by atoms with Crippen LogP contribution in [0.1, 0.15) is 16.1 Å². The average molecular weight is 283 g/mol. The van der Waals surface area contributed by atoms with Crippen molar-refractivity contribution in [2.45, 2.75) is 6.54 Å². The number of rotatable bonds is 3. The van der Waals surface area contributed by atoms with Crippen molar-refractivity contribution >= 4 is 23.3 Å². The van der Waals surface area contributed by atoms with Crippen molar-refractivity contribution in [3.8, 4) is 0 Å². The molecule has 0 aliphatic carbocycles. The summed E-state index contributed by atoms with van der Waals surface area (Å²) in [6.07, 6.45) is 1.54. The van der Waals surface area contributed by atoms with Gasteiger partial charge in [-0.2, -0.15) is 0 Å². The molecule has 0 spiro atoms. The van der Waals surface area contributed by atoms with Gasteiger partial charge in [0.2, 0.25) is 0 Å². The summed E-state index contributed by atoms with van der Waals surface area (Å²) < 4.78 is 19.9. The van der Waals surface area contributed by atoms with Crippen LogP contribution in [-0.4, -0.2) is 17.6 Å². The highest BCUT2D eigenvalue weighted by atomic mass is 35.5. The number of nitrogens with zero attached hydrogens (tertiary/aromatic N) is 1. The van der Waals surface area contributed by atoms with E-state index in [1.54, 1.807) is 6.07 Å². The number of ether oxygens (including phenoxy) is 1. The lowest BCUT2D eigenvalue weighted by Crippen LogP contribution is -2.11. The summed E-state index contributed by atoms with van der Waals surface area (Å²) in [4.78, 5) is 11.6. The predicted molar refractivity (Wildman–Crippen MR) is 70.7 cm³/mol. The third kappa shape index (κ3) is 2.71. The maximum Gasteiger partial charge on any atom is 0.354 e. The van der Waals surface area contributed by atoms with E-state index in [2.05, 4.69) is 4.74 Å². The summed E-state index contributed by atoms with van der Waals surface area (Å²) in [5.41, 5.74) is 6.59. The molecule has 0 aliphatic rings. The Bertz CT molecular complexity index is 605. The number of esters is 1. The van der Waals surface area contributed by atoms with Crippen molar-refractivity contribution in [2.24, 2.45) is 0 Å². The fourth-order valence-corrected chi connectivity index (χ4v) is 2.02. The summed E-state index contributed by atoms with van der Waals surface area (Å²) >= 11 is 5.95. The number of anilines is 1. The Hall–Kier alpha value is -2.01. The molecule has 0 bridgehead atoms. The first-order valence-corrected chi connectivity index (χ1v) is 5.87. The summed E-state index contributed by atoms with van der Waals surface area (Å²) in [5, 5.41) is 0.295. The minimum Gasteiger partial charge on any atom is -0.464 e. The van der Waals surface area contributed by atoms with E-state index >= 15 is 0 Å². The molecule has 2 aromatic rings. The van der Waals surface area contributed by atoms with Crippen LogP contribution >= 0.6 is 11.6 Å². The molecule has 0 unspecified atom stereocenters. The van der Waals surface area contributed by atoms with Crippen LogP contribution in [0.3, 0.4) is 0 Å². The van der Waals surface area contributed by atoms with Crippen LogP contribution in [0.5, 0.6) is 0 Å². The number of carbonyl (C=O) groups excluding carboxylic acids is 1. The molecule has 0 radical (unpaired) electrons. The highest BCUT2D eigenvalue weighted by Gasteiger charge is 2.16. The van der Waals surface area contributed by atoms with E-state index in [1.165, 1.54) is 36.1 Å². The molecule has 1 aromatic carbocycles. The minimum absolute atomic E-state index is 0.104. The van der Waals surface area contributed by atoms with E-state index in [1.807, 2.05) is 0 Å². The first-order chi connectivity index (χ1) is 9.02. The molecule has 4 nitrogen and oxygen atoms in total. The Morgan fingerprint density at radius 3 is 2.89 bits per heavy atom. The maximum absolute atomic E-state index is 13.7. The number of nitrogen functional groups attached to an aromatic ring is 1. The molecule has 1 aromatic heterocycles. The van der Waals surface area contributed by atoms with Crippen LogP contribution in [0.25, 0.3) is 0 Å². The summed E-state index contributed by atoms with van der Waals surface area (Å²) in [6, 6.07) is 5.89. The number of hydrogen-bond acceptors (Lipinski definition) is 3. The van der Waals surface area contributed by atoms with Crippen molar-refractivity contribution in [3.05, 3.63) is 52.6 Å². The Balaban J connectivity index is 2.41. The lowest BCUT2D eigenvalue weighted by molar-refractivity contribution is 0.0589. The third-order valence-corrected chi connectivity index (χ3v) is 3.06. The van der Waals surface area contributed by atoms with Gasteiger partial charge in [-0.1, -0.05) is 17.7 Å². The molecule has 0 saturated carbocycles. The second-order valence-corrected chi connectivity index (χ2v) is 4.39. The van der Waals surface area contributed by atoms with Crippen molar-refractivity contribution in [1.82, 2.24) is 4.57 Å². The molecule has 100 valence electrons. The van der Waals surface area contributed by atoms with Crippen LogP contribution in [0.15, 0.2) is 30.5 Å². The largest absolute Gasteiger partial charge is 0.464 e. The smallest absolute Gasteiger partial charge is 0.354 e. The van der Waals surface area contributed by atoms with Gasteiger partial charge in [0.15, 0.2) is 0 Å². The highest BCUT2D eigenvalue weighted by molar-refractivity contribution is 6.31. The summed E-state index contributed by atoms with van der Waals surface area (Å²) in [5.74, 6) is -0.972. The normalized spacial score (nSPS) is 10.5. The van der Waals surface area contributed by atoms with Gasteiger partial charge in [0, 0.05) is 16.8 Å². The second-order valence-electron chi connectivity index (χ2n) is 3.98. The van der Waals surface area contributed by atoms with Gasteiger partial charge in [0.1, 0.15) is 11.5 Å².